The lowest BCUT2D eigenvalue weighted by molar-refractivity contribution is 0.184. The van der Waals surface area contributed by atoms with Crippen LogP contribution in [0.1, 0.15) is 22.8 Å². The summed E-state index contributed by atoms with van der Waals surface area (Å²) in [4.78, 5) is 2.22. The Labute approximate surface area is 178 Å². The molecule has 5 nitrogen and oxygen atoms in total. The van der Waals surface area contributed by atoms with Gasteiger partial charge in [0.25, 0.3) is 0 Å². The molecule has 0 amide bonds. The second kappa shape index (κ2) is 10.6. The Balaban J connectivity index is 1.95. The zero-order valence-electron chi connectivity index (χ0n) is 17.3. The Morgan fingerprint density at radius 3 is 1.77 bits per heavy atom. The first-order valence-electron chi connectivity index (χ1n) is 9.85. The number of para-hydroxylation sites is 1. The molecular weight excluding hydrogens is 397 g/mol. The molecule has 0 aliphatic heterocycles. The van der Waals surface area contributed by atoms with Gasteiger partial charge in [0.2, 0.25) is 0 Å². The van der Waals surface area contributed by atoms with Crippen molar-refractivity contribution in [3.63, 3.8) is 0 Å². The maximum atomic E-state index is 12.6. The highest BCUT2D eigenvalue weighted by Crippen LogP contribution is 2.50. The molecule has 0 aliphatic carbocycles. The van der Waals surface area contributed by atoms with Crippen LogP contribution in [0.4, 0.5) is 5.69 Å². The predicted molar refractivity (Wildman–Crippen MR) is 121 cm³/mol. The zero-order chi connectivity index (χ0) is 21.4. The van der Waals surface area contributed by atoms with Crippen molar-refractivity contribution in [2.45, 2.75) is 19.2 Å². The fraction of sp³-hybridized carbons (Fsp3) is 0.250. The maximum absolute atomic E-state index is 12.6. The van der Waals surface area contributed by atoms with Crippen molar-refractivity contribution in [2.75, 3.05) is 25.3 Å². The molecule has 1 atom stereocenters. The van der Waals surface area contributed by atoms with Gasteiger partial charge in [-0.05, 0) is 17.2 Å². The van der Waals surface area contributed by atoms with E-state index in [0.717, 1.165) is 16.8 Å². The lowest BCUT2D eigenvalue weighted by atomic mass is 10.1. The van der Waals surface area contributed by atoms with E-state index in [1.54, 1.807) is 0 Å². The molecule has 0 fully saturated rings. The molecular formula is C24H28NO4P. The van der Waals surface area contributed by atoms with E-state index in [4.69, 9.17) is 9.05 Å². The average molecular weight is 425 g/mol. The number of nitrogens with zero attached hydrogens (tertiary/aromatic N) is 1. The van der Waals surface area contributed by atoms with Crippen molar-refractivity contribution in [1.82, 2.24) is 0 Å². The minimum Gasteiger partial charge on any atom is -0.388 e. The van der Waals surface area contributed by atoms with Crippen LogP contribution in [0.3, 0.4) is 0 Å². The van der Waals surface area contributed by atoms with Gasteiger partial charge in [-0.25, -0.2) is 0 Å². The molecule has 0 aliphatic rings. The highest BCUT2D eigenvalue weighted by Gasteiger charge is 2.28. The number of benzene rings is 3. The molecule has 0 saturated heterocycles. The van der Waals surface area contributed by atoms with E-state index in [1.165, 1.54) is 14.2 Å². The largest absolute Gasteiger partial charge is 0.388 e. The first-order valence-corrected chi connectivity index (χ1v) is 11.6. The molecule has 3 aromatic carbocycles. The standard InChI is InChI=1S/C24H28NO4P/c1-28-30(27,29-2)19-24(26)22-15-9-10-16-23(22)25(17-20-11-5-3-6-12-20)18-21-13-7-4-8-14-21/h3-16,24,26H,17-19H2,1-2H3/t24-/m1/s1. The minimum absolute atomic E-state index is 0.110. The summed E-state index contributed by atoms with van der Waals surface area (Å²) in [5, 5.41) is 10.9. The SMILES string of the molecule is COP(=O)(C[C@@H](O)c1ccccc1N(Cc1ccccc1)Cc1ccccc1)OC. The number of hydrogen-bond acceptors (Lipinski definition) is 5. The minimum atomic E-state index is -3.35. The van der Waals surface area contributed by atoms with Crippen LogP contribution in [0.2, 0.25) is 0 Å². The molecule has 3 rings (SSSR count). The number of anilines is 1. The van der Waals surface area contributed by atoms with Gasteiger partial charge in [-0.1, -0.05) is 78.9 Å². The van der Waals surface area contributed by atoms with Crippen LogP contribution in [0.5, 0.6) is 0 Å². The highest BCUT2D eigenvalue weighted by atomic mass is 31.2. The third-order valence-electron chi connectivity index (χ3n) is 5.02. The number of aliphatic hydroxyl groups excluding tert-OH is 1. The van der Waals surface area contributed by atoms with E-state index in [1.807, 2.05) is 60.7 Å². The molecule has 158 valence electrons. The van der Waals surface area contributed by atoms with Gasteiger partial charge >= 0.3 is 7.60 Å². The fourth-order valence-corrected chi connectivity index (χ4v) is 4.49. The average Bonchev–Trinajstić information content (AvgIpc) is 2.80. The summed E-state index contributed by atoms with van der Waals surface area (Å²) in [6.07, 6.45) is -1.09. The van der Waals surface area contributed by atoms with Gasteiger partial charge in [0.1, 0.15) is 0 Å². The van der Waals surface area contributed by atoms with Crippen molar-refractivity contribution in [2.24, 2.45) is 0 Å². The van der Waals surface area contributed by atoms with Gasteiger partial charge in [-0.2, -0.15) is 0 Å². The first-order chi connectivity index (χ1) is 14.5. The zero-order valence-corrected chi connectivity index (χ0v) is 18.2. The lowest BCUT2D eigenvalue weighted by Gasteiger charge is -2.29. The van der Waals surface area contributed by atoms with Crippen molar-refractivity contribution in [3.8, 4) is 0 Å². The van der Waals surface area contributed by atoms with Crippen LogP contribution in [-0.4, -0.2) is 25.5 Å². The summed E-state index contributed by atoms with van der Waals surface area (Å²) < 4.78 is 22.6. The Hall–Kier alpha value is -2.43. The second-order valence-corrected chi connectivity index (χ2v) is 9.38. The van der Waals surface area contributed by atoms with Gasteiger partial charge in [0.05, 0.1) is 12.3 Å². The molecule has 0 spiro atoms. The van der Waals surface area contributed by atoms with E-state index < -0.39 is 13.7 Å². The highest BCUT2D eigenvalue weighted by molar-refractivity contribution is 7.53. The van der Waals surface area contributed by atoms with Gasteiger partial charge in [-0.15, -0.1) is 0 Å². The molecule has 0 bridgehead atoms. The quantitative estimate of drug-likeness (QED) is 0.440. The third-order valence-corrected chi connectivity index (χ3v) is 6.93. The van der Waals surface area contributed by atoms with Crippen molar-refractivity contribution in [1.29, 1.82) is 0 Å². The second-order valence-electron chi connectivity index (χ2n) is 7.06. The van der Waals surface area contributed by atoms with Gasteiger partial charge in [0, 0.05) is 38.6 Å². The molecule has 0 aromatic heterocycles. The first kappa shape index (κ1) is 22.3. The van der Waals surface area contributed by atoms with Crippen molar-refractivity contribution < 1.29 is 18.7 Å². The molecule has 1 N–H and O–H groups in total. The summed E-state index contributed by atoms with van der Waals surface area (Å²) in [5.74, 6) is 0. The Bertz CT molecular complexity index is 916. The smallest absolute Gasteiger partial charge is 0.333 e. The molecule has 3 aromatic rings. The molecule has 30 heavy (non-hydrogen) atoms. The van der Waals surface area contributed by atoms with E-state index in [0.29, 0.717) is 18.7 Å². The maximum Gasteiger partial charge on any atom is 0.333 e. The molecule has 0 unspecified atom stereocenters. The Morgan fingerprint density at radius 1 is 0.800 bits per heavy atom. The predicted octanol–water partition coefficient (Wildman–Crippen LogP) is 5.41. The van der Waals surface area contributed by atoms with E-state index in [9.17, 15) is 9.67 Å². The normalized spacial score (nSPS) is 12.5. The third kappa shape index (κ3) is 5.80. The summed E-state index contributed by atoms with van der Waals surface area (Å²) in [6.45, 7) is 1.34. The van der Waals surface area contributed by atoms with Crippen LogP contribution < -0.4 is 4.90 Å². The van der Waals surface area contributed by atoms with Gasteiger partial charge < -0.3 is 19.1 Å². The molecule has 6 heteroatoms. The van der Waals surface area contributed by atoms with E-state index in [2.05, 4.69) is 29.2 Å². The molecule has 0 saturated carbocycles. The number of aliphatic hydroxyl groups is 1. The van der Waals surface area contributed by atoms with Crippen molar-refractivity contribution >= 4 is 13.3 Å². The number of rotatable bonds is 10. The summed E-state index contributed by atoms with van der Waals surface area (Å²) in [6, 6.07) is 28.1. The Kier molecular flexibility index (Phi) is 7.83. The molecule has 0 radical (unpaired) electrons. The topological polar surface area (TPSA) is 59.0 Å². The van der Waals surface area contributed by atoms with Gasteiger partial charge in [-0.3, -0.25) is 4.57 Å². The summed E-state index contributed by atoms with van der Waals surface area (Å²) >= 11 is 0. The van der Waals surface area contributed by atoms with Crippen LogP contribution in [0.25, 0.3) is 0 Å². The summed E-state index contributed by atoms with van der Waals surface area (Å²) in [7, 11) is -0.688. The molecule has 0 heterocycles. The van der Waals surface area contributed by atoms with E-state index >= 15 is 0 Å². The van der Waals surface area contributed by atoms with Crippen LogP contribution >= 0.6 is 7.60 Å². The lowest BCUT2D eigenvalue weighted by Crippen LogP contribution is -2.24. The summed E-state index contributed by atoms with van der Waals surface area (Å²) in [5.41, 5.74) is 3.91. The Morgan fingerprint density at radius 2 is 1.27 bits per heavy atom. The van der Waals surface area contributed by atoms with Gasteiger partial charge in [0.15, 0.2) is 0 Å². The van der Waals surface area contributed by atoms with E-state index in [-0.39, 0.29) is 6.16 Å². The fourth-order valence-electron chi connectivity index (χ4n) is 3.42. The van der Waals surface area contributed by atoms with Crippen molar-refractivity contribution in [3.05, 3.63) is 102 Å². The van der Waals surface area contributed by atoms with Crippen LogP contribution in [-0.2, 0) is 26.7 Å². The van der Waals surface area contributed by atoms with Crippen LogP contribution in [0.15, 0.2) is 84.9 Å². The monoisotopic (exact) mass is 425 g/mol. The number of hydrogen-bond donors (Lipinski definition) is 1. The van der Waals surface area contributed by atoms with Crippen LogP contribution in [0, 0.1) is 0 Å².